The van der Waals surface area contributed by atoms with Crippen LogP contribution in [0.25, 0.3) is 11.5 Å². The highest BCUT2D eigenvalue weighted by Crippen LogP contribution is 2.39. The highest BCUT2D eigenvalue weighted by Gasteiger charge is 2.39. The number of halogens is 1. The summed E-state index contributed by atoms with van der Waals surface area (Å²) in [7, 11) is 0. The maximum Gasteiger partial charge on any atom is 0.237 e. The summed E-state index contributed by atoms with van der Waals surface area (Å²) in [6, 6.07) is 25.8. The van der Waals surface area contributed by atoms with Gasteiger partial charge in [-0.25, -0.2) is 14.3 Å². The molecule has 2 aromatic heterocycles. The van der Waals surface area contributed by atoms with Crippen molar-refractivity contribution in [1.29, 1.82) is 0 Å². The van der Waals surface area contributed by atoms with Crippen LogP contribution in [0.3, 0.4) is 0 Å². The third-order valence-corrected chi connectivity index (χ3v) is 6.33. The van der Waals surface area contributed by atoms with Crippen LogP contribution < -0.4 is 4.90 Å². The molecule has 0 amide bonds. The van der Waals surface area contributed by atoms with Gasteiger partial charge < -0.3 is 4.84 Å². The number of rotatable bonds is 5. The van der Waals surface area contributed by atoms with E-state index in [0.29, 0.717) is 10.9 Å². The third kappa shape index (κ3) is 3.81. The van der Waals surface area contributed by atoms with Crippen LogP contribution in [-0.4, -0.2) is 30.4 Å². The minimum atomic E-state index is -0.598. The third-order valence-electron chi connectivity index (χ3n) is 6.08. The summed E-state index contributed by atoms with van der Waals surface area (Å²) in [6.07, 6.45) is 2.56. The van der Waals surface area contributed by atoms with Gasteiger partial charge in [-0.3, -0.25) is 4.90 Å². The monoisotopic (exact) mass is 495 g/mol. The molecule has 1 atom stereocenters. The first-order chi connectivity index (χ1) is 17.6. The van der Waals surface area contributed by atoms with Gasteiger partial charge in [-0.05, 0) is 50.2 Å². The average molecular weight is 496 g/mol. The van der Waals surface area contributed by atoms with E-state index in [9.17, 15) is 0 Å². The van der Waals surface area contributed by atoms with E-state index in [4.69, 9.17) is 21.5 Å². The second-order valence-corrected chi connectivity index (χ2v) is 8.93. The average Bonchev–Trinajstić information content (AvgIpc) is 3.64. The summed E-state index contributed by atoms with van der Waals surface area (Å²) in [5.41, 5.74) is 5.50. The Balaban J connectivity index is 1.54. The Kier molecular flexibility index (Phi) is 5.50. The van der Waals surface area contributed by atoms with E-state index in [1.165, 1.54) is 11.9 Å². The number of anilines is 1. The summed E-state index contributed by atoms with van der Waals surface area (Å²) in [5, 5.41) is 14.5. The van der Waals surface area contributed by atoms with Crippen LogP contribution in [0.1, 0.15) is 28.6 Å². The number of hydrogen-bond acceptors (Lipinski definition) is 6. The van der Waals surface area contributed by atoms with Crippen LogP contribution in [0.4, 0.5) is 5.69 Å². The molecule has 0 saturated heterocycles. The molecule has 6 rings (SSSR count). The number of nitrogens with zero attached hydrogens (tertiary/aromatic N) is 7. The number of hydrogen-bond donors (Lipinski definition) is 0. The molecule has 0 fully saturated rings. The van der Waals surface area contributed by atoms with Gasteiger partial charge in [0.05, 0.1) is 16.9 Å². The molecule has 3 aromatic carbocycles. The van der Waals surface area contributed by atoms with Crippen molar-refractivity contribution in [3.8, 4) is 11.5 Å². The first-order valence-corrected chi connectivity index (χ1v) is 11.8. The fraction of sp³-hybridized carbons (Fsp3) is 0.111. The minimum absolute atomic E-state index is 0.598. The smallest absolute Gasteiger partial charge is 0.237 e. The fourth-order valence-electron chi connectivity index (χ4n) is 4.34. The van der Waals surface area contributed by atoms with Crippen molar-refractivity contribution in [2.75, 3.05) is 4.90 Å². The molecule has 1 unspecified atom stereocenters. The van der Waals surface area contributed by atoms with Gasteiger partial charge in [0.15, 0.2) is 11.7 Å². The number of para-hydroxylation sites is 1. The fourth-order valence-corrected chi connectivity index (χ4v) is 4.47. The van der Waals surface area contributed by atoms with Crippen LogP contribution in [-0.2, 0) is 4.84 Å². The Morgan fingerprint density at radius 3 is 2.31 bits per heavy atom. The quantitative estimate of drug-likeness (QED) is 0.316. The minimum Gasteiger partial charge on any atom is -0.363 e. The highest BCUT2D eigenvalue weighted by molar-refractivity contribution is 6.30. The Labute approximate surface area is 213 Å². The van der Waals surface area contributed by atoms with Crippen molar-refractivity contribution in [3.63, 3.8) is 0 Å². The van der Waals surface area contributed by atoms with Gasteiger partial charge in [0, 0.05) is 16.3 Å². The molecule has 3 heterocycles. The molecular formula is C27H22ClN7O. The van der Waals surface area contributed by atoms with E-state index in [2.05, 4.69) is 39.2 Å². The predicted octanol–water partition coefficient (Wildman–Crippen LogP) is 5.62. The second-order valence-electron chi connectivity index (χ2n) is 8.50. The van der Waals surface area contributed by atoms with E-state index >= 15 is 0 Å². The van der Waals surface area contributed by atoms with Crippen molar-refractivity contribution in [1.82, 2.24) is 24.5 Å². The van der Waals surface area contributed by atoms with Crippen molar-refractivity contribution in [2.45, 2.75) is 20.1 Å². The van der Waals surface area contributed by atoms with Crippen LogP contribution >= 0.6 is 11.6 Å². The summed E-state index contributed by atoms with van der Waals surface area (Å²) in [4.78, 5) is 12.4. The number of oxime groups is 1. The van der Waals surface area contributed by atoms with Gasteiger partial charge in [-0.1, -0.05) is 64.8 Å². The van der Waals surface area contributed by atoms with Crippen molar-refractivity contribution >= 4 is 23.1 Å². The standard InChI is InChI=1S/C27H22ClN7O/c1-18-8-10-20(11-9-18)25-32-36-27(34(25)22-14-12-21(28)13-15-22)24-19(2)31-35(23-6-4-3-5-7-23)26(24)33-17-29-16-30-33/h3-17,27H,1-2H3. The van der Waals surface area contributed by atoms with Crippen LogP contribution in [0, 0.1) is 13.8 Å². The van der Waals surface area contributed by atoms with Gasteiger partial charge in [0.2, 0.25) is 6.23 Å². The molecule has 0 spiro atoms. The molecule has 1 aliphatic heterocycles. The first kappa shape index (κ1) is 22.1. The second kappa shape index (κ2) is 8.98. The molecule has 36 heavy (non-hydrogen) atoms. The number of aryl methyl sites for hydroxylation is 2. The van der Waals surface area contributed by atoms with E-state index in [1.54, 1.807) is 11.0 Å². The van der Waals surface area contributed by atoms with Gasteiger partial charge in [-0.2, -0.15) is 10.2 Å². The Bertz CT molecular complexity index is 1530. The highest BCUT2D eigenvalue weighted by atomic mass is 35.5. The Morgan fingerprint density at radius 1 is 0.861 bits per heavy atom. The van der Waals surface area contributed by atoms with E-state index in [0.717, 1.165) is 34.0 Å². The number of aromatic nitrogens is 5. The van der Waals surface area contributed by atoms with Gasteiger partial charge in [0.25, 0.3) is 0 Å². The van der Waals surface area contributed by atoms with Crippen molar-refractivity contribution in [2.24, 2.45) is 5.16 Å². The van der Waals surface area contributed by atoms with Gasteiger partial charge >= 0.3 is 0 Å². The van der Waals surface area contributed by atoms with E-state index < -0.39 is 6.23 Å². The lowest BCUT2D eigenvalue weighted by Gasteiger charge is -2.26. The molecule has 8 nitrogen and oxygen atoms in total. The van der Waals surface area contributed by atoms with Crippen molar-refractivity contribution < 1.29 is 4.84 Å². The van der Waals surface area contributed by atoms with Crippen LogP contribution in [0.15, 0.2) is 96.7 Å². The Morgan fingerprint density at radius 2 is 1.61 bits per heavy atom. The molecule has 0 saturated carbocycles. The molecule has 9 heteroatoms. The number of benzene rings is 3. The zero-order valence-corrected chi connectivity index (χ0v) is 20.4. The Hall–Kier alpha value is -4.43. The normalized spacial score (nSPS) is 15.1. The number of amidine groups is 1. The lowest BCUT2D eigenvalue weighted by Crippen LogP contribution is -2.32. The first-order valence-electron chi connectivity index (χ1n) is 11.5. The van der Waals surface area contributed by atoms with Gasteiger partial charge in [0.1, 0.15) is 12.7 Å². The summed E-state index contributed by atoms with van der Waals surface area (Å²) in [5.74, 6) is 1.42. The molecule has 0 N–H and O–H groups in total. The molecular weight excluding hydrogens is 474 g/mol. The maximum atomic E-state index is 6.22. The molecule has 0 radical (unpaired) electrons. The SMILES string of the molecule is Cc1ccc(C2=NOC(c3c(C)nn(-c4ccccc4)c3-n3cncn3)N2c2ccc(Cl)cc2)cc1. The predicted molar refractivity (Wildman–Crippen MR) is 139 cm³/mol. The van der Waals surface area contributed by atoms with E-state index in [1.807, 2.05) is 78.3 Å². The van der Waals surface area contributed by atoms with E-state index in [-0.39, 0.29) is 0 Å². The summed E-state index contributed by atoms with van der Waals surface area (Å²) >= 11 is 6.22. The lowest BCUT2D eigenvalue weighted by molar-refractivity contribution is 0.0862. The largest absolute Gasteiger partial charge is 0.363 e. The molecule has 178 valence electrons. The molecule has 5 aromatic rings. The summed E-state index contributed by atoms with van der Waals surface area (Å²) in [6.45, 7) is 4.02. The lowest BCUT2D eigenvalue weighted by atomic mass is 10.1. The molecule has 0 bridgehead atoms. The summed E-state index contributed by atoms with van der Waals surface area (Å²) < 4.78 is 3.56. The topological polar surface area (TPSA) is 73.4 Å². The zero-order chi connectivity index (χ0) is 24.6. The maximum absolute atomic E-state index is 6.22. The molecule has 0 aliphatic carbocycles. The van der Waals surface area contributed by atoms with Gasteiger partial charge in [-0.15, -0.1) is 0 Å². The van der Waals surface area contributed by atoms with Crippen molar-refractivity contribution in [3.05, 3.63) is 119 Å². The molecule has 1 aliphatic rings. The zero-order valence-electron chi connectivity index (χ0n) is 19.7. The van der Waals surface area contributed by atoms with Crippen LogP contribution in [0.2, 0.25) is 5.02 Å². The van der Waals surface area contributed by atoms with Crippen LogP contribution in [0.5, 0.6) is 0 Å².